The zero-order valence-corrected chi connectivity index (χ0v) is 14.3. The second-order valence-corrected chi connectivity index (χ2v) is 5.66. The van der Waals surface area contributed by atoms with Gasteiger partial charge in [-0.05, 0) is 0 Å². The fourth-order valence-corrected chi connectivity index (χ4v) is 0.972. The summed E-state index contributed by atoms with van der Waals surface area (Å²) in [6.07, 6.45) is 3.54. The quantitative estimate of drug-likeness (QED) is 0.294. The molecule has 140 valence electrons. The van der Waals surface area contributed by atoms with Gasteiger partial charge < -0.3 is 41.2 Å². The van der Waals surface area contributed by atoms with Gasteiger partial charge in [-0.2, -0.15) is 0 Å². The number of aliphatic hydroxyl groups is 1. The minimum Gasteiger partial charge on any atom is -0.633 e. The molecule has 1 aromatic heterocycles. The largest absolute Gasteiger partial charge is 0.633 e. The molecule has 0 aromatic carbocycles. The zero-order chi connectivity index (χ0) is 19.5. The highest BCUT2D eigenvalue weighted by molar-refractivity contribution is 5.73. The molecule has 11 heteroatoms. The van der Waals surface area contributed by atoms with Gasteiger partial charge in [0.15, 0.2) is 0 Å². The number of carbonyl (C=O) groups is 2. The van der Waals surface area contributed by atoms with Gasteiger partial charge in [-0.25, -0.2) is 4.98 Å². The SMILES string of the molecule is C[N+](C)(C)[O-].Cn1cncc1CC(N)C(=O)O.NC(CO)C(=O)O. The van der Waals surface area contributed by atoms with E-state index in [1.165, 1.54) is 0 Å². The first-order chi connectivity index (χ1) is 10.8. The van der Waals surface area contributed by atoms with Gasteiger partial charge in [-0.15, -0.1) is 0 Å². The maximum atomic E-state index is 10.4. The molecule has 0 radical (unpaired) electrons. The Labute approximate surface area is 140 Å². The van der Waals surface area contributed by atoms with Crippen LogP contribution in [-0.2, 0) is 23.1 Å². The highest BCUT2D eigenvalue weighted by atomic mass is 16.5. The molecule has 0 spiro atoms. The first-order valence-electron chi connectivity index (χ1n) is 6.84. The third-order valence-corrected chi connectivity index (χ3v) is 2.18. The molecule has 1 aromatic rings. The number of nitrogens with two attached hydrogens (primary N) is 2. The van der Waals surface area contributed by atoms with Crippen LogP contribution >= 0.6 is 0 Å². The first kappa shape index (κ1) is 24.2. The van der Waals surface area contributed by atoms with E-state index in [0.29, 0.717) is 6.42 Å². The number of rotatable bonds is 5. The van der Waals surface area contributed by atoms with Gasteiger partial charge in [0.25, 0.3) is 0 Å². The van der Waals surface area contributed by atoms with Gasteiger partial charge in [0, 0.05) is 25.4 Å². The molecule has 24 heavy (non-hydrogen) atoms. The molecule has 2 atom stereocenters. The van der Waals surface area contributed by atoms with Crippen molar-refractivity contribution in [2.45, 2.75) is 18.5 Å². The molecule has 1 rings (SSSR count). The van der Waals surface area contributed by atoms with E-state index in [1.807, 2.05) is 0 Å². The number of aromatic nitrogens is 2. The summed E-state index contributed by atoms with van der Waals surface area (Å²) < 4.78 is 1.50. The summed E-state index contributed by atoms with van der Waals surface area (Å²) >= 11 is 0. The molecule has 0 aliphatic rings. The van der Waals surface area contributed by atoms with E-state index in [4.69, 9.17) is 26.8 Å². The summed E-state index contributed by atoms with van der Waals surface area (Å²) in [4.78, 5) is 23.9. The molecule has 0 saturated heterocycles. The molecule has 2 unspecified atom stereocenters. The normalized spacial score (nSPS) is 12.8. The lowest BCUT2D eigenvalue weighted by atomic mass is 10.2. The van der Waals surface area contributed by atoms with Crippen LogP contribution in [0.25, 0.3) is 0 Å². The molecule has 11 nitrogen and oxygen atoms in total. The third-order valence-electron chi connectivity index (χ3n) is 2.18. The van der Waals surface area contributed by atoms with Crippen molar-refractivity contribution in [3.8, 4) is 0 Å². The standard InChI is InChI=1S/C7H11N3O2.C3H7NO3.C3H9NO/c1-10-4-9-3-5(10)2-6(8)7(11)12;4-2(1-5)3(6)7;1-4(2,3)5/h3-4,6H,2,8H2,1H3,(H,11,12);2,5H,1,4H2,(H,6,7);1-3H3. The van der Waals surface area contributed by atoms with Crippen LogP contribution in [0.5, 0.6) is 0 Å². The average molecular weight is 349 g/mol. The predicted molar refractivity (Wildman–Crippen MR) is 86.6 cm³/mol. The van der Waals surface area contributed by atoms with Crippen molar-refractivity contribution >= 4 is 11.9 Å². The van der Waals surface area contributed by atoms with Crippen molar-refractivity contribution < 1.29 is 29.6 Å². The van der Waals surface area contributed by atoms with Crippen LogP contribution in [0.3, 0.4) is 0 Å². The highest BCUT2D eigenvalue weighted by Gasteiger charge is 2.13. The Morgan fingerprint density at radius 2 is 1.67 bits per heavy atom. The Kier molecular flexibility index (Phi) is 11.6. The minimum absolute atomic E-state index is 0.250. The lowest BCUT2D eigenvalue weighted by Gasteiger charge is -2.27. The number of hydroxylamine groups is 3. The van der Waals surface area contributed by atoms with Gasteiger partial charge in [0.05, 0.1) is 34.1 Å². The van der Waals surface area contributed by atoms with Gasteiger partial charge in [-0.3, -0.25) is 9.59 Å². The molecule has 0 saturated carbocycles. The molecule has 0 fully saturated rings. The van der Waals surface area contributed by atoms with Crippen molar-refractivity contribution in [1.82, 2.24) is 9.55 Å². The van der Waals surface area contributed by atoms with E-state index in [0.717, 1.165) is 5.69 Å². The number of nitrogens with zero attached hydrogens (tertiary/aromatic N) is 3. The second kappa shape index (κ2) is 11.5. The number of aliphatic carboxylic acids is 2. The van der Waals surface area contributed by atoms with Gasteiger partial charge in [0.2, 0.25) is 0 Å². The molecule has 0 amide bonds. The Morgan fingerprint density at radius 3 is 1.88 bits per heavy atom. The number of quaternary nitrogens is 1. The van der Waals surface area contributed by atoms with E-state index < -0.39 is 30.6 Å². The number of carboxylic acids is 2. The number of carboxylic acid groups (broad SMARTS) is 2. The summed E-state index contributed by atoms with van der Waals surface area (Å²) in [5, 5.41) is 34.5. The van der Waals surface area contributed by atoms with Crippen LogP contribution in [0, 0.1) is 5.21 Å². The van der Waals surface area contributed by atoms with Crippen LogP contribution in [0.15, 0.2) is 12.5 Å². The first-order valence-corrected chi connectivity index (χ1v) is 6.84. The molecule has 1 heterocycles. The Bertz CT molecular complexity index is 493. The highest BCUT2D eigenvalue weighted by Crippen LogP contribution is 1.99. The molecular formula is C13H27N5O6. The Morgan fingerprint density at radius 1 is 1.25 bits per heavy atom. The number of hydrogen-bond donors (Lipinski definition) is 5. The van der Waals surface area contributed by atoms with Crippen molar-refractivity contribution in [2.75, 3.05) is 27.7 Å². The monoisotopic (exact) mass is 349 g/mol. The molecule has 0 bridgehead atoms. The van der Waals surface area contributed by atoms with Crippen LogP contribution < -0.4 is 11.5 Å². The van der Waals surface area contributed by atoms with Crippen LogP contribution in [0.4, 0.5) is 0 Å². The van der Waals surface area contributed by atoms with Gasteiger partial charge in [-0.1, -0.05) is 0 Å². The van der Waals surface area contributed by atoms with Crippen LogP contribution in [0.1, 0.15) is 5.69 Å². The van der Waals surface area contributed by atoms with Crippen molar-refractivity contribution in [3.63, 3.8) is 0 Å². The number of aliphatic hydroxyl groups excluding tert-OH is 1. The number of aryl methyl sites for hydroxylation is 1. The van der Waals surface area contributed by atoms with Crippen LogP contribution in [-0.4, -0.2) is 81.3 Å². The summed E-state index contributed by atoms with van der Waals surface area (Å²) in [5.41, 5.74) is 10.9. The Balaban J connectivity index is 0. The van der Waals surface area contributed by atoms with E-state index in [2.05, 4.69) is 4.98 Å². The lowest BCUT2D eigenvalue weighted by Crippen LogP contribution is -2.33. The van der Waals surface area contributed by atoms with Crippen molar-refractivity contribution in [1.29, 1.82) is 0 Å². The fourth-order valence-electron chi connectivity index (χ4n) is 0.972. The predicted octanol–water partition coefficient (Wildman–Crippen LogP) is -2.04. The van der Waals surface area contributed by atoms with Gasteiger partial charge in [0.1, 0.15) is 12.1 Å². The second-order valence-electron chi connectivity index (χ2n) is 5.66. The minimum atomic E-state index is -1.18. The summed E-state index contributed by atoms with van der Waals surface area (Å²) in [6.45, 7) is -0.505. The fraction of sp³-hybridized carbons (Fsp3) is 0.615. The van der Waals surface area contributed by atoms with E-state index in [1.54, 1.807) is 45.3 Å². The van der Waals surface area contributed by atoms with Crippen molar-refractivity contribution in [2.24, 2.45) is 18.5 Å². The molecule has 7 N–H and O–H groups in total. The Hall–Kier alpha value is -2.05. The maximum Gasteiger partial charge on any atom is 0.322 e. The summed E-state index contributed by atoms with van der Waals surface area (Å²) in [5.74, 6) is -2.17. The van der Waals surface area contributed by atoms with Gasteiger partial charge >= 0.3 is 11.9 Å². The number of hydrogen-bond acceptors (Lipinski definition) is 7. The lowest BCUT2D eigenvalue weighted by molar-refractivity contribution is -0.818. The zero-order valence-electron chi connectivity index (χ0n) is 14.3. The van der Waals surface area contributed by atoms with E-state index in [-0.39, 0.29) is 4.65 Å². The third kappa shape index (κ3) is 14.9. The number of imidazole rings is 1. The smallest absolute Gasteiger partial charge is 0.322 e. The van der Waals surface area contributed by atoms with Crippen LogP contribution in [0.2, 0.25) is 0 Å². The molecule has 0 aliphatic carbocycles. The molecular weight excluding hydrogens is 322 g/mol. The summed E-state index contributed by atoms with van der Waals surface area (Å²) in [7, 11) is 6.51. The average Bonchev–Trinajstić information content (AvgIpc) is 2.82. The topological polar surface area (TPSA) is 188 Å². The molecule has 0 aliphatic heterocycles. The van der Waals surface area contributed by atoms with E-state index >= 15 is 0 Å². The summed E-state index contributed by atoms with van der Waals surface area (Å²) in [6, 6.07) is -1.97. The van der Waals surface area contributed by atoms with Crippen molar-refractivity contribution in [3.05, 3.63) is 23.4 Å². The van der Waals surface area contributed by atoms with E-state index in [9.17, 15) is 14.8 Å². The maximum absolute atomic E-state index is 10.4.